The zero-order valence-electron chi connectivity index (χ0n) is 12.1. The molecular weight excluding hydrogens is 311 g/mol. The van der Waals surface area contributed by atoms with Gasteiger partial charge in [-0.15, -0.1) is 0 Å². The second-order valence-electron chi connectivity index (χ2n) is 5.63. The molecule has 0 spiro atoms. The van der Waals surface area contributed by atoms with Gasteiger partial charge in [-0.2, -0.15) is 4.31 Å². The molecule has 3 rings (SSSR count). The molecular formula is C14H17FN2O4S. The number of carbonyl (C=O) groups is 1. The molecule has 22 heavy (non-hydrogen) atoms. The van der Waals surface area contributed by atoms with E-state index in [2.05, 4.69) is 10.1 Å². The first kappa shape index (κ1) is 15.4. The van der Waals surface area contributed by atoms with E-state index in [4.69, 9.17) is 0 Å². The van der Waals surface area contributed by atoms with E-state index in [9.17, 15) is 17.6 Å². The summed E-state index contributed by atoms with van der Waals surface area (Å²) in [6.45, 7) is 2.42. The van der Waals surface area contributed by atoms with Gasteiger partial charge >= 0.3 is 5.97 Å². The summed E-state index contributed by atoms with van der Waals surface area (Å²) in [6, 6.07) is 3.07. The van der Waals surface area contributed by atoms with Gasteiger partial charge in [-0.3, -0.25) is 0 Å². The van der Waals surface area contributed by atoms with Crippen molar-refractivity contribution in [3.05, 3.63) is 29.6 Å². The number of sulfonamides is 1. The molecule has 2 aliphatic heterocycles. The maximum atomic E-state index is 13.4. The fourth-order valence-electron chi connectivity index (χ4n) is 3.14. The molecule has 1 aromatic rings. The van der Waals surface area contributed by atoms with Crippen LogP contribution in [-0.2, 0) is 14.8 Å². The number of hydrogen-bond donors (Lipinski definition) is 1. The van der Waals surface area contributed by atoms with E-state index in [1.165, 1.54) is 4.31 Å². The SMILES string of the molecule is COC(=O)c1cc(F)ccc1S(=O)(=O)N1C[C@H]2CNC[C@H]2C1. The van der Waals surface area contributed by atoms with Crippen LogP contribution in [0.25, 0.3) is 0 Å². The van der Waals surface area contributed by atoms with Crippen LogP contribution in [0.5, 0.6) is 0 Å². The van der Waals surface area contributed by atoms with Crippen LogP contribution in [0.4, 0.5) is 4.39 Å². The largest absolute Gasteiger partial charge is 0.465 e. The molecule has 0 aliphatic carbocycles. The van der Waals surface area contributed by atoms with Gasteiger partial charge in [0.15, 0.2) is 0 Å². The number of nitrogens with zero attached hydrogens (tertiary/aromatic N) is 1. The third kappa shape index (κ3) is 2.51. The molecule has 8 heteroatoms. The standard InChI is InChI=1S/C14H17FN2O4S/c1-21-14(18)12-4-11(15)2-3-13(12)22(19,20)17-7-9-5-16-6-10(9)8-17/h2-4,9-10,16H,5-8H2,1H3/t9-,10+. The monoisotopic (exact) mass is 328 g/mol. The van der Waals surface area contributed by atoms with Crippen molar-refractivity contribution in [3.8, 4) is 0 Å². The predicted molar refractivity (Wildman–Crippen MR) is 76.3 cm³/mol. The van der Waals surface area contributed by atoms with E-state index < -0.39 is 21.8 Å². The van der Waals surface area contributed by atoms with Crippen LogP contribution in [0.2, 0.25) is 0 Å². The summed E-state index contributed by atoms with van der Waals surface area (Å²) in [4.78, 5) is 11.6. The van der Waals surface area contributed by atoms with Crippen molar-refractivity contribution in [1.82, 2.24) is 9.62 Å². The molecule has 2 saturated heterocycles. The van der Waals surface area contributed by atoms with Gasteiger partial charge in [-0.1, -0.05) is 0 Å². The Hall–Kier alpha value is -1.51. The van der Waals surface area contributed by atoms with Gasteiger partial charge in [0.1, 0.15) is 5.82 Å². The van der Waals surface area contributed by atoms with Gasteiger partial charge in [0.05, 0.1) is 17.6 Å². The molecule has 0 amide bonds. The maximum absolute atomic E-state index is 13.4. The Balaban J connectivity index is 1.97. The van der Waals surface area contributed by atoms with Crippen molar-refractivity contribution in [3.63, 3.8) is 0 Å². The summed E-state index contributed by atoms with van der Waals surface area (Å²) < 4.78 is 44.9. The van der Waals surface area contributed by atoms with Gasteiger partial charge < -0.3 is 10.1 Å². The number of halogens is 1. The molecule has 0 unspecified atom stereocenters. The van der Waals surface area contributed by atoms with E-state index in [0.29, 0.717) is 13.1 Å². The first-order chi connectivity index (χ1) is 10.4. The topological polar surface area (TPSA) is 75.7 Å². The quantitative estimate of drug-likeness (QED) is 0.816. The third-order valence-electron chi connectivity index (χ3n) is 4.32. The summed E-state index contributed by atoms with van der Waals surface area (Å²) in [7, 11) is -2.71. The number of rotatable bonds is 3. The van der Waals surface area contributed by atoms with Crippen LogP contribution in [0.15, 0.2) is 23.1 Å². The molecule has 120 valence electrons. The van der Waals surface area contributed by atoms with Gasteiger partial charge in [0, 0.05) is 13.1 Å². The van der Waals surface area contributed by atoms with Crippen LogP contribution in [0, 0.1) is 17.7 Å². The molecule has 0 saturated carbocycles. The second kappa shape index (κ2) is 5.60. The molecule has 6 nitrogen and oxygen atoms in total. The number of fused-ring (bicyclic) bond motifs is 1. The summed E-state index contributed by atoms with van der Waals surface area (Å²) in [5, 5.41) is 3.24. The van der Waals surface area contributed by atoms with Crippen LogP contribution in [0.3, 0.4) is 0 Å². The highest BCUT2D eigenvalue weighted by molar-refractivity contribution is 7.89. The van der Waals surface area contributed by atoms with Crippen molar-refractivity contribution >= 4 is 16.0 Å². The first-order valence-corrected chi connectivity index (χ1v) is 8.46. The van der Waals surface area contributed by atoms with Crippen LogP contribution in [-0.4, -0.2) is 52.0 Å². The minimum absolute atomic E-state index is 0.200. The number of carbonyl (C=O) groups excluding carboxylic acids is 1. The van der Waals surface area contributed by atoms with Crippen LogP contribution >= 0.6 is 0 Å². The number of benzene rings is 1. The number of hydrogen-bond acceptors (Lipinski definition) is 5. The smallest absolute Gasteiger partial charge is 0.339 e. The molecule has 2 fully saturated rings. The Morgan fingerprint density at radius 2 is 1.95 bits per heavy atom. The van der Waals surface area contributed by atoms with E-state index in [1.807, 2.05) is 0 Å². The van der Waals surface area contributed by atoms with Gasteiger partial charge in [0.25, 0.3) is 0 Å². The van der Waals surface area contributed by atoms with E-state index >= 15 is 0 Å². The van der Waals surface area contributed by atoms with Crippen LogP contribution in [0.1, 0.15) is 10.4 Å². The van der Waals surface area contributed by atoms with Crippen LogP contribution < -0.4 is 5.32 Å². The molecule has 2 atom stereocenters. The van der Waals surface area contributed by atoms with Gasteiger partial charge in [0.2, 0.25) is 10.0 Å². The summed E-state index contributed by atoms with van der Waals surface area (Å²) in [6.07, 6.45) is 0. The lowest BCUT2D eigenvalue weighted by molar-refractivity contribution is 0.0595. The fourth-order valence-corrected chi connectivity index (χ4v) is 4.86. The summed E-state index contributed by atoms with van der Waals surface area (Å²) in [5.74, 6) is -0.963. The highest BCUT2D eigenvalue weighted by Gasteiger charge is 2.42. The van der Waals surface area contributed by atoms with Crippen molar-refractivity contribution in [2.75, 3.05) is 33.3 Å². The number of nitrogens with one attached hydrogen (secondary N) is 1. The average molecular weight is 328 g/mol. The number of methoxy groups -OCH3 is 1. The molecule has 2 aliphatic rings. The molecule has 1 aromatic carbocycles. The minimum atomic E-state index is -3.85. The highest BCUT2D eigenvalue weighted by atomic mass is 32.2. The van der Waals surface area contributed by atoms with Crippen molar-refractivity contribution in [2.24, 2.45) is 11.8 Å². The molecule has 0 radical (unpaired) electrons. The lowest BCUT2D eigenvalue weighted by Crippen LogP contribution is -2.33. The second-order valence-corrected chi connectivity index (χ2v) is 7.54. The van der Waals surface area contributed by atoms with E-state index in [-0.39, 0.29) is 22.3 Å². The lowest BCUT2D eigenvalue weighted by Gasteiger charge is -2.19. The van der Waals surface area contributed by atoms with Crippen molar-refractivity contribution in [1.29, 1.82) is 0 Å². The Bertz CT molecular complexity index is 695. The molecule has 2 heterocycles. The number of esters is 1. The lowest BCUT2D eigenvalue weighted by atomic mass is 10.0. The highest BCUT2D eigenvalue weighted by Crippen LogP contribution is 2.32. The fraction of sp³-hybridized carbons (Fsp3) is 0.500. The first-order valence-electron chi connectivity index (χ1n) is 7.02. The Kier molecular flexibility index (Phi) is 3.92. The molecule has 1 N–H and O–H groups in total. The van der Waals surface area contributed by atoms with Crippen molar-refractivity contribution in [2.45, 2.75) is 4.90 Å². The predicted octanol–water partition coefficient (Wildman–Crippen LogP) is 0.452. The van der Waals surface area contributed by atoms with Gasteiger partial charge in [-0.05, 0) is 43.1 Å². The Morgan fingerprint density at radius 3 is 2.55 bits per heavy atom. The summed E-state index contributed by atoms with van der Waals surface area (Å²) >= 11 is 0. The minimum Gasteiger partial charge on any atom is -0.465 e. The molecule has 0 aromatic heterocycles. The molecule has 0 bridgehead atoms. The normalized spacial score (nSPS) is 25.2. The van der Waals surface area contributed by atoms with Crippen molar-refractivity contribution < 1.29 is 22.3 Å². The number of ether oxygens (including phenoxy) is 1. The van der Waals surface area contributed by atoms with Gasteiger partial charge in [-0.25, -0.2) is 17.6 Å². The van der Waals surface area contributed by atoms with E-state index in [0.717, 1.165) is 38.4 Å². The Labute approximate surface area is 128 Å². The summed E-state index contributed by atoms with van der Waals surface area (Å²) in [5.41, 5.74) is -0.266. The van der Waals surface area contributed by atoms with E-state index in [1.54, 1.807) is 0 Å². The third-order valence-corrected chi connectivity index (χ3v) is 6.21. The maximum Gasteiger partial charge on any atom is 0.339 e. The zero-order valence-corrected chi connectivity index (χ0v) is 12.9. The Morgan fingerprint density at radius 1 is 1.32 bits per heavy atom. The zero-order chi connectivity index (χ0) is 15.9. The average Bonchev–Trinajstić information content (AvgIpc) is 3.07.